The molecule has 1 fully saturated rings. The van der Waals surface area contributed by atoms with Crippen molar-refractivity contribution in [3.8, 4) is 0 Å². The van der Waals surface area contributed by atoms with E-state index in [9.17, 15) is 9.90 Å². The summed E-state index contributed by atoms with van der Waals surface area (Å²) in [4.78, 5) is 11.2. The zero-order valence-corrected chi connectivity index (χ0v) is 15.9. The molecule has 1 saturated heterocycles. The first kappa shape index (κ1) is 20.5. The first-order chi connectivity index (χ1) is 13.6. The van der Waals surface area contributed by atoms with Gasteiger partial charge in [0, 0.05) is 13.3 Å². The van der Waals surface area contributed by atoms with Gasteiger partial charge in [0.25, 0.3) is 0 Å². The fraction of sp³-hybridized carbons (Fsp3) is 0.409. The van der Waals surface area contributed by atoms with Crippen molar-refractivity contribution < 1.29 is 28.8 Å². The lowest BCUT2D eigenvalue weighted by molar-refractivity contribution is -0.273. The average Bonchev–Trinajstić information content (AvgIpc) is 2.72. The number of aliphatic hydroxyl groups is 1. The van der Waals surface area contributed by atoms with Crippen LogP contribution in [0.15, 0.2) is 60.7 Å². The molecule has 2 aromatic carbocycles. The molecule has 150 valence electrons. The Bertz CT molecular complexity index is 720. The van der Waals surface area contributed by atoms with Crippen LogP contribution in [0.3, 0.4) is 0 Å². The summed E-state index contributed by atoms with van der Waals surface area (Å²) in [5.41, 5.74) is 2.04. The van der Waals surface area contributed by atoms with Crippen LogP contribution in [0.1, 0.15) is 24.5 Å². The Morgan fingerprint density at radius 1 is 0.964 bits per heavy atom. The molecule has 0 spiro atoms. The van der Waals surface area contributed by atoms with Crippen LogP contribution in [0.4, 0.5) is 0 Å². The van der Waals surface area contributed by atoms with Crippen LogP contribution in [0, 0.1) is 0 Å². The topological polar surface area (TPSA) is 74.2 Å². The maximum Gasteiger partial charge on any atom is 0.302 e. The third-order valence-electron chi connectivity index (χ3n) is 4.58. The van der Waals surface area contributed by atoms with E-state index in [-0.39, 0.29) is 12.7 Å². The number of hydrogen-bond donors (Lipinski definition) is 1. The molecule has 1 heterocycles. The van der Waals surface area contributed by atoms with Crippen LogP contribution in [-0.4, -0.2) is 42.3 Å². The molecule has 1 aliphatic rings. The van der Waals surface area contributed by atoms with Gasteiger partial charge in [0.05, 0.1) is 19.3 Å². The number of aliphatic hydroxyl groups excluding tert-OH is 1. The third kappa shape index (κ3) is 6.14. The van der Waals surface area contributed by atoms with E-state index in [2.05, 4.69) is 0 Å². The van der Waals surface area contributed by atoms with Gasteiger partial charge in [0.1, 0.15) is 18.8 Å². The van der Waals surface area contributed by atoms with E-state index in [1.54, 1.807) is 0 Å². The van der Waals surface area contributed by atoms with Gasteiger partial charge in [-0.1, -0.05) is 60.7 Å². The van der Waals surface area contributed by atoms with Gasteiger partial charge < -0.3 is 24.1 Å². The molecule has 0 radical (unpaired) electrons. The van der Waals surface area contributed by atoms with Crippen molar-refractivity contribution in [3.05, 3.63) is 71.8 Å². The summed E-state index contributed by atoms with van der Waals surface area (Å²) in [5, 5.41) is 10.3. The highest BCUT2D eigenvalue weighted by atomic mass is 16.7. The van der Waals surface area contributed by atoms with Crippen LogP contribution in [0.2, 0.25) is 0 Å². The largest absolute Gasteiger partial charge is 0.463 e. The lowest BCUT2D eigenvalue weighted by Crippen LogP contribution is -2.51. The predicted octanol–water partition coefficient (Wildman–Crippen LogP) is 2.83. The first-order valence-electron chi connectivity index (χ1n) is 9.40. The molecule has 4 atom stereocenters. The summed E-state index contributed by atoms with van der Waals surface area (Å²) in [6.07, 6.45) is -2.13. The molecule has 3 rings (SSSR count). The number of esters is 1. The van der Waals surface area contributed by atoms with Gasteiger partial charge in [-0.3, -0.25) is 4.79 Å². The summed E-state index contributed by atoms with van der Waals surface area (Å²) < 4.78 is 22.7. The molecular weight excluding hydrogens is 360 g/mol. The number of ether oxygens (including phenoxy) is 4. The lowest BCUT2D eigenvalue weighted by Gasteiger charge is -2.38. The Kier molecular flexibility index (Phi) is 7.56. The molecule has 0 unspecified atom stereocenters. The number of carbonyl (C=O) groups excluding carboxylic acids is 1. The third-order valence-corrected chi connectivity index (χ3v) is 4.58. The van der Waals surface area contributed by atoms with Crippen LogP contribution < -0.4 is 0 Å². The van der Waals surface area contributed by atoms with Crippen molar-refractivity contribution in [2.24, 2.45) is 0 Å². The van der Waals surface area contributed by atoms with Gasteiger partial charge in [0.15, 0.2) is 6.29 Å². The molecule has 0 aromatic heterocycles. The molecule has 1 N–H and O–H groups in total. The zero-order chi connectivity index (χ0) is 19.8. The summed E-state index contributed by atoms with van der Waals surface area (Å²) in [5.74, 6) is -0.401. The standard InChI is InChI=1S/C22H26O6/c1-16(23)25-15-21-19(26-13-17-8-4-2-5-9-17)12-20(22(24)28-21)27-14-18-10-6-3-7-11-18/h2-11,19-22,24H,12-15H2,1H3/t19-,20+,21+,22+/m0/s1. The van der Waals surface area contributed by atoms with Crippen molar-refractivity contribution in [3.63, 3.8) is 0 Å². The summed E-state index contributed by atoms with van der Waals surface area (Å²) in [7, 11) is 0. The van der Waals surface area contributed by atoms with Crippen molar-refractivity contribution in [2.45, 2.75) is 51.2 Å². The first-order valence-corrected chi connectivity index (χ1v) is 9.40. The number of carbonyl (C=O) groups is 1. The smallest absolute Gasteiger partial charge is 0.302 e. The second-order valence-electron chi connectivity index (χ2n) is 6.77. The Morgan fingerprint density at radius 2 is 1.50 bits per heavy atom. The van der Waals surface area contributed by atoms with Crippen molar-refractivity contribution in [2.75, 3.05) is 6.61 Å². The molecule has 2 aromatic rings. The normalized spacial score (nSPS) is 24.6. The van der Waals surface area contributed by atoms with E-state index in [1.807, 2.05) is 60.7 Å². The molecule has 1 aliphatic heterocycles. The summed E-state index contributed by atoms with van der Waals surface area (Å²) in [6.45, 7) is 2.13. The number of hydrogen-bond acceptors (Lipinski definition) is 6. The Labute approximate surface area is 165 Å². The molecule has 6 nitrogen and oxygen atoms in total. The molecule has 0 bridgehead atoms. The maximum absolute atomic E-state index is 11.2. The fourth-order valence-electron chi connectivity index (χ4n) is 3.08. The van der Waals surface area contributed by atoms with Gasteiger partial charge in [0.2, 0.25) is 0 Å². The Morgan fingerprint density at radius 3 is 2.04 bits per heavy atom. The lowest BCUT2D eigenvalue weighted by atomic mass is 10.0. The van der Waals surface area contributed by atoms with Crippen molar-refractivity contribution >= 4 is 5.97 Å². The summed E-state index contributed by atoms with van der Waals surface area (Å²) >= 11 is 0. The van der Waals surface area contributed by atoms with Crippen LogP contribution in [0.25, 0.3) is 0 Å². The minimum atomic E-state index is -1.11. The molecule has 6 heteroatoms. The molecular formula is C22H26O6. The highest BCUT2D eigenvalue weighted by Crippen LogP contribution is 2.26. The quantitative estimate of drug-likeness (QED) is 0.704. The van der Waals surface area contributed by atoms with Gasteiger partial charge in [-0.2, -0.15) is 0 Å². The van der Waals surface area contributed by atoms with Crippen LogP contribution in [-0.2, 0) is 37.0 Å². The van der Waals surface area contributed by atoms with E-state index < -0.39 is 24.5 Å². The number of benzene rings is 2. The zero-order valence-electron chi connectivity index (χ0n) is 15.9. The Balaban J connectivity index is 1.61. The van der Waals surface area contributed by atoms with Gasteiger partial charge >= 0.3 is 5.97 Å². The van der Waals surface area contributed by atoms with E-state index in [0.717, 1.165) is 11.1 Å². The summed E-state index contributed by atoms with van der Waals surface area (Å²) in [6, 6.07) is 19.5. The van der Waals surface area contributed by atoms with E-state index in [0.29, 0.717) is 19.6 Å². The SMILES string of the molecule is CC(=O)OC[C@H]1O[C@@H](O)[C@H](OCc2ccccc2)C[C@@H]1OCc1ccccc1. The minimum Gasteiger partial charge on any atom is -0.463 e. The predicted molar refractivity (Wildman–Crippen MR) is 102 cm³/mol. The monoisotopic (exact) mass is 386 g/mol. The van der Waals surface area contributed by atoms with E-state index in [4.69, 9.17) is 18.9 Å². The minimum absolute atomic E-state index is 0.0251. The van der Waals surface area contributed by atoms with Crippen molar-refractivity contribution in [1.82, 2.24) is 0 Å². The molecule has 28 heavy (non-hydrogen) atoms. The van der Waals surface area contributed by atoms with Gasteiger partial charge in [-0.05, 0) is 11.1 Å². The van der Waals surface area contributed by atoms with E-state index >= 15 is 0 Å². The van der Waals surface area contributed by atoms with Crippen molar-refractivity contribution in [1.29, 1.82) is 0 Å². The number of rotatable bonds is 8. The second kappa shape index (κ2) is 10.3. The van der Waals surface area contributed by atoms with Crippen LogP contribution in [0.5, 0.6) is 0 Å². The highest BCUT2D eigenvalue weighted by molar-refractivity contribution is 5.65. The highest BCUT2D eigenvalue weighted by Gasteiger charge is 2.39. The van der Waals surface area contributed by atoms with E-state index in [1.165, 1.54) is 6.92 Å². The molecule has 0 aliphatic carbocycles. The Hall–Kier alpha value is -2.25. The molecule has 0 amide bonds. The molecule has 0 saturated carbocycles. The maximum atomic E-state index is 11.2. The average molecular weight is 386 g/mol. The second-order valence-corrected chi connectivity index (χ2v) is 6.77. The van der Waals surface area contributed by atoms with Gasteiger partial charge in [-0.25, -0.2) is 0 Å². The van der Waals surface area contributed by atoms with Crippen LogP contribution >= 0.6 is 0 Å². The van der Waals surface area contributed by atoms with Gasteiger partial charge in [-0.15, -0.1) is 0 Å². The fourth-order valence-corrected chi connectivity index (χ4v) is 3.08.